The number of alkyl halides is 3. The normalized spacial score (nSPS) is 18.9. The monoisotopic (exact) mass is 315 g/mol. The standard InChI is InChI=1S/C14H16F3N3O2/c15-14(16,17)10-4-1-5-11(7-10)19-13(22)20-6-2-3-9(8-20)12(18)21/h1,4-5,7,9H,2-3,6,8H2,(H2,18,21)(H,19,22)/t9-/m1/s1. The second-order valence-electron chi connectivity index (χ2n) is 5.20. The fourth-order valence-electron chi connectivity index (χ4n) is 2.37. The number of nitrogens with one attached hydrogen (secondary N) is 1. The zero-order chi connectivity index (χ0) is 16.3. The van der Waals surface area contributed by atoms with Crippen molar-refractivity contribution < 1.29 is 22.8 Å². The molecule has 22 heavy (non-hydrogen) atoms. The topological polar surface area (TPSA) is 75.4 Å². The van der Waals surface area contributed by atoms with Crippen LogP contribution in [0.5, 0.6) is 0 Å². The highest BCUT2D eigenvalue weighted by atomic mass is 19.4. The Morgan fingerprint density at radius 3 is 2.68 bits per heavy atom. The van der Waals surface area contributed by atoms with Gasteiger partial charge in [0.2, 0.25) is 5.91 Å². The van der Waals surface area contributed by atoms with Crippen LogP contribution in [0.2, 0.25) is 0 Å². The molecule has 0 radical (unpaired) electrons. The lowest BCUT2D eigenvalue weighted by Gasteiger charge is -2.31. The zero-order valence-corrected chi connectivity index (χ0v) is 11.7. The molecule has 1 aromatic rings. The van der Waals surface area contributed by atoms with Crippen molar-refractivity contribution in [1.29, 1.82) is 0 Å². The van der Waals surface area contributed by atoms with Gasteiger partial charge in [-0.3, -0.25) is 4.79 Å². The number of piperidine rings is 1. The first-order valence-corrected chi connectivity index (χ1v) is 6.80. The maximum atomic E-state index is 12.6. The zero-order valence-electron chi connectivity index (χ0n) is 11.7. The molecule has 1 aromatic carbocycles. The molecule has 2 rings (SSSR count). The van der Waals surface area contributed by atoms with E-state index in [2.05, 4.69) is 5.32 Å². The molecule has 0 aliphatic carbocycles. The Kier molecular flexibility index (Phi) is 4.58. The van der Waals surface area contributed by atoms with Crippen molar-refractivity contribution in [3.8, 4) is 0 Å². The number of nitrogens with zero attached hydrogens (tertiary/aromatic N) is 1. The van der Waals surface area contributed by atoms with E-state index in [0.29, 0.717) is 19.4 Å². The van der Waals surface area contributed by atoms with E-state index in [1.165, 1.54) is 17.0 Å². The summed E-state index contributed by atoms with van der Waals surface area (Å²) in [5, 5.41) is 2.42. The molecule has 0 aromatic heterocycles. The van der Waals surface area contributed by atoms with Crippen LogP contribution in [0.3, 0.4) is 0 Å². The van der Waals surface area contributed by atoms with Crippen molar-refractivity contribution in [2.75, 3.05) is 18.4 Å². The van der Waals surface area contributed by atoms with Gasteiger partial charge >= 0.3 is 12.2 Å². The van der Waals surface area contributed by atoms with Crippen molar-refractivity contribution in [3.63, 3.8) is 0 Å². The molecule has 0 saturated carbocycles. The third-order valence-electron chi connectivity index (χ3n) is 3.55. The smallest absolute Gasteiger partial charge is 0.369 e. The van der Waals surface area contributed by atoms with Gasteiger partial charge in [0, 0.05) is 18.8 Å². The Hall–Kier alpha value is -2.25. The van der Waals surface area contributed by atoms with Crippen LogP contribution in [0.25, 0.3) is 0 Å². The third-order valence-corrected chi connectivity index (χ3v) is 3.55. The number of carbonyl (C=O) groups excluding carboxylic acids is 2. The Labute approximate surface area is 125 Å². The number of benzene rings is 1. The highest BCUT2D eigenvalue weighted by molar-refractivity contribution is 5.90. The summed E-state index contributed by atoms with van der Waals surface area (Å²) >= 11 is 0. The van der Waals surface area contributed by atoms with Crippen LogP contribution < -0.4 is 11.1 Å². The van der Waals surface area contributed by atoms with Crippen LogP contribution in [-0.2, 0) is 11.0 Å². The summed E-state index contributed by atoms with van der Waals surface area (Å²) in [6, 6.07) is 3.86. The molecule has 5 nitrogen and oxygen atoms in total. The van der Waals surface area contributed by atoms with Crippen LogP contribution in [0.4, 0.5) is 23.7 Å². The number of rotatable bonds is 2. The average molecular weight is 315 g/mol. The van der Waals surface area contributed by atoms with Gasteiger partial charge in [0.25, 0.3) is 0 Å². The molecule has 0 bridgehead atoms. The van der Waals surface area contributed by atoms with Gasteiger partial charge in [-0.15, -0.1) is 0 Å². The van der Waals surface area contributed by atoms with Crippen LogP contribution in [0.15, 0.2) is 24.3 Å². The first-order valence-electron chi connectivity index (χ1n) is 6.80. The van der Waals surface area contributed by atoms with Gasteiger partial charge in [-0.2, -0.15) is 13.2 Å². The van der Waals surface area contributed by atoms with Gasteiger partial charge < -0.3 is 16.0 Å². The lowest BCUT2D eigenvalue weighted by Crippen LogP contribution is -2.45. The van der Waals surface area contributed by atoms with Gasteiger partial charge in [-0.25, -0.2) is 4.79 Å². The fourth-order valence-corrected chi connectivity index (χ4v) is 2.37. The molecule has 120 valence electrons. The minimum Gasteiger partial charge on any atom is -0.369 e. The highest BCUT2D eigenvalue weighted by Crippen LogP contribution is 2.30. The second-order valence-corrected chi connectivity index (χ2v) is 5.20. The SMILES string of the molecule is NC(=O)[C@@H]1CCCN(C(=O)Nc2cccc(C(F)(F)F)c2)C1. The van der Waals surface area contributed by atoms with Crippen LogP contribution in [0.1, 0.15) is 18.4 Å². The van der Waals surface area contributed by atoms with E-state index in [4.69, 9.17) is 5.73 Å². The van der Waals surface area contributed by atoms with Crippen molar-refractivity contribution in [1.82, 2.24) is 4.90 Å². The number of hydrogen-bond donors (Lipinski definition) is 2. The maximum Gasteiger partial charge on any atom is 0.416 e. The number of urea groups is 1. The number of halogens is 3. The summed E-state index contributed by atoms with van der Waals surface area (Å²) in [4.78, 5) is 24.6. The summed E-state index contributed by atoms with van der Waals surface area (Å²) in [6.07, 6.45) is -3.23. The summed E-state index contributed by atoms with van der Waals surface area (Å²) < 4.78 is 37.9. The first-order chi connectivity index (χ1) is 10.3. The molecule has 8 heteroatoms. The lowest BCUT2D eigenvalue weighted by molar-refractivity contribution is -0.137. The molecule has 1 fully saturated rings. The molecule has 0 unspecified atom stereocenters. The summed E-state index contributed by atoms with van der Waals surface area (Å²) in [6.45, 7) is 0.620. The molecular formula is C14H16F3N3O2. The molecule has 1 heterocycles. The van der Waals surface area contributed by atoms with E-state index in [0.717, 1.165) is 12.1 Å². The van der Waals surface area contributed by atoms with Gasteiger partial charge in [-0.1, -0.05) is 6.07 Å². The first kappa shape index (κ1) is 16.1. The van der Waals surface area contributed by atoms with E-state index in [1.54, 1.807) is 0 Å². The quantitative estimate of drug-likeness (QED) is 0.879. The number of primary amides is 1. The molecule has 1 aliphatic heterocycles. The Morgan fingerprint density at radius 2 is 2.05 bits per heavy atom. The molecule has 1 saturated heterocycles. The third kappa shape index (κ3) is 3.90. The van der Waals surface area contributed by atoms with Gasteiger partial charge in [0.1, 0.15) is 0 Å². The number of likely N-dealkylation sites (tertiary alicyclic amines) is 1. The minimum atomic E-state index is -4.47. The molecule has 0 spiro atoms. The largest absolute Gasteiger partial charge is 0.416 e. The minimum absolute atomic E-state index is 0.0565. The van der Waals surface area contributed by atoms with Gasteiger partial charge in [-0.05, 0) is 31.0 Å². The van der Waals surface area contributed by atoms with Crippen LogP contribution >= 0.6 is 0 Å². The van der Waals surface area contributed by atoms with E-state index in [-0.39, 0.29) is 12.2 Å². The summed E-state index contributed by atoms with van der Waals surface area (Å²) in [5.41, 5.74) is 4.45. The van der Waals surface area contributed by atoms with Crippen molar-refractivity contribution >= 4 is 17.6 Å². The second kappa shape index (κ2) is 6.25. The van der Waals surface area contributed by atoms with Crippen LogP contribution in [0, 0.1) is 5.92 Å². The summed E-state index contributed by atoms with van der Waals surface area (Å²) in [7, 11) is 0. The number of amides is 3. The molecule has 1 aliphatic rings. The predicted octanol–water partition coefficient (Wildman–Crippen LogP) is 2.43. The number of hydrogen-bond acceptors (Lipinski definition) is 2. The molecular weight excluding hydrogens is 299 g/mol. The molecule has 3 amide bonds. The predicted molar refractivity (Wildman–Crippen MR) is 74.0 cm³/mol. The highest BCUT2D eigenvalue weighted by Gasteiger charge is 2.31. The summed E-state index contributed by atoms with van der Waals surface area (Å²) in [5.74, 6) is -0.891. The van der Waals surface area contributed by atoms with E-state index in [1.807, 2.05) is 0 Å². The Morgan fingerprint density at radius 1 is 1.32 bits per heavy atom. The maximum absolute atomic E-state index is 12.6. The number of carbonyl (C=O) groups is 2. The van der Waals surface area contributed by atoms with E-state index < -0.39 is 29.6 Å². The molecule has 3 N–H and O–H groups in total. The Bertz CT molecular complexity index is 575. The van der Waals surface area contributed by atoms with E-state index >= 15 is 0 Å². The van der Waals surface area contributed by atoms with Crippen LogP contribution in [-0.4, -0.2) is 29.9 Å². The average Bonchev–Trinajstić information content (AvgIpc) is 2.46. The van der Waals surface area contributed by atoms with Gasteiger partial charge in [0.15, 0.2) is 0 Å². The van der Waals surface area contributed by atoms with Crippen molar-refractivity contribution in [2.24, 2.45) is 11.7 Å². The van der Waals surface area contributed by atoms with Gasteiger partial charge in [0.05, 0.1) is 11.5 Å². The lowest BCUT2D eigenvalue weighted by atomic mass is 9.98. The number of anilines is 1. The fraction of sp³-hybridized carbons (Fsp3) is 0.429. The van der Waals surface area contributed by atoms with Crippen molar-refractivity contribution in [2.45, 2.75) is 19.0 Å². The Balaban J connectivity index is 2.04. The van der Waals surface area contributed by atoms with Crippen molar-refractivity contribution in [3.05, 3.63) is 29.8 Å². The van der Waals surface area contributed by atoms with E-state index in [9.17, 15) is 22.8 Å². The number of nitrogens with two attached hydrogens (primary N) is 1. The molecule has 1 atom stereocenters.